The maximum atomic E-state index is 12.3. The summed E-state index contributed by atoms with van der Waals surface area (Å²) in [6, 6.07) is 10.3. The molecular formula is C18H21N3O2. The molecule has 1 aliphatic heterocycles. The first-order chi connectivity index (χ1) is 11.1. The average molecular weight is 311 g/mol. The summed E-state index contributed by atoms with van der Waals surface area (Å²) in [5.74, 6) is 0.757. The van der Waals surface area contributed by atoms with Crippen LogP contribution in [-0.4, -0.2) is 29.2 Å². The largest absolute Gasteiger partial charge is 0.361 e. The molecule has 0 saturated heterocycles. The Morgan fingerprint density at radius 2 is 2.09 bits per heavy atom. The Kier molecular flexibility index (Phi) is 4.46. The summed E-state index contributed by atoms with van der Waals surface area (Å²) in [6.45, 7) is 5.56. The smallest absolute Gasteiger partial charge is 0.317 e. The molecule has 3 rings (SSSR count). The van der Waals surface area contributed by atoms with Crippen molar-refractivity contribution in [2.24, 2.45) is 0 Å². The summed E-state index contributed by atoms with van der Waals surface area (Å²) in [5, 5.41) is 6.85. The number of nitrogens with one attached hydrogen (secondary N) is 1. The Hall–Kier alpha value is -2.56. The molecule has 1 aromatic heterocycles. The van der Waals surface area contributed by atoms with E-state index in [9.17, 15) is 4.79 Å². The highest BCUT2D eigenvalue weighted by Crippen LogP contribution is 2.22. The summed E-state index contributed by atoms with van der Waals surface area (Å²) in [5.41, 5.74) is 4.33. The SMILES string of the molecule is Cc1noc(C)c1CNC(=O)N1CC=C(c2ccccc2)CC1. The minimum Gasteiger partial charge on any atom is -0.361 e. The van der Waals surface area contributed by atoms with Crippen LogP contribution in [0.25, 0.3) is 5.57 Å². The van der Waals surface area contributed by atoms with Crippen molar-refractivity contribution in [3.05, 3.63) is 59.0 Å². The Morgan fingerprint density at radius 1 is 1.30 bits per heavy atom. The standard InChI is InChI=1S/C18H21N3O2/c1-13-17(14(2)23-20-13)12-19-18(22)21-10-8-16(9-11-21)15-6-4-3-5-7-15/h3-8H,9-12H2,1-2H3,(H,19,22). The van der Waals surface area contributed by atoms with Gasteiger partial charge in [0.15, 0.2) is 0 Å². The number of aryl methyl sites for hydroxylation is 2. The summed E-state index contributed by atoms with van der Waals surface area (Å²) in [7, 11) is 0. The third-order valence-corrected chi connectivity index (χ3v) is 4.24. The summed E-state index contributed by atoms with van der Waals surface area (Å²) < 4.78 is 5.11. The van der Waals surface area contributed by atoms with Gasteiger partial charge in [-0.1, -0.05) is 41.6 Å². The first-order valence-electron chi connectivity index (χ1n) is 7.84. The fourth-order valence-electron chi connectivity index (χ4n) is 2.80. The van der Waals surface area contributed by atoms with Gasteiger partial charge in [-0.3, -0.25) is 0 Å². The van der Waals surface area contributed by atoms with E-state index in [-0.39, 0.29) is 6.03 Å². The molecule has 2 aromatic rings. The van der Waals surface area contributed by atoms with Crippen LogP contribution in [-0.2, 0) is 6.54 Å². The highest BCUT2D eigenvalue weighted by Gasteiger charge is 2.18. The van der Waals surface area contributed by atoms with Crippen LogP contribution in [0.2, 0.25) is 0 Å². The van der Waals surface area contributed by atoms with Crippen molar-refractivity contribution in [1.29, 1.82) is 0 Å². The third-order valence-electron chi connectivity index (χ3n) is 4.24. The molecule has 2 heterocycles. The fourth-order valence-corrected chi connectivity index (χ4v) is 2.80. The molecule has 0 atom stereocenters. The van der Waals surface area contributed by atoms with E-state index in [2.05, 4.69) is 28.7 Å². The molecule has 23 heavy (non-hydrogen) atoms. The zero-order chi connectivity index (χ0) is 16.2. The molecule has 0 fully saturated rings. The second-order valence-electron chi connectivity index (χ2n) is 5.75. The van der Waals surface area contributed by atoms with E-state index < -0.39 is 0 Å². The molecule has 0 saturated carbocycles. The Morgan fingerprint density at radius 3 is 2.70 bits per heavy atom. The van der Waals surface area contributed by atoms with E-state index in [4.69, 9.17) is 4.52 Å². The molecule has 0 aliphatic carbocycles. The minimum atomic E-state index is -0.0478. The van der Waals surface area contributed by atoms with Gasteiger partial charge in [0.2, 0.25) is 0 Å². The first-order valence-corrected chi connectivity index (χ1v) is 7.84. The lowest BCUT2D eigenvalue weighted by atomic mass is 10.00. The molecular weight excluding hydrogens is 290 g/mol. The predicted molar refractivity (Wildman–Crippen MR) is 88.8 cm³/mol. The van der Waals surface area contributed by atoms with Gasteiger partial charge in [-0.15, -0.1) is 0 Å². The number of rotatable bonds is 3. The number of aromatic nitrogens is 1. The lowest BCUT2D eigenvalue weighted by Gasteiger charge is -2.26. The molecule has 5 nitrogen and oxygen atoms in total. The van der Waals surface area contributed by atoms with Gasteiger partial charge in [0.05, 0.1) is 5.69 Å². The summed E-state index contributed by atoms with van der Waals surface area (Å²) >= 11 is 0. The zero-order valence-corrected chi connectivity index (χ0v) is 13.5. The van der Waals surface area contributed by atoms with E-state index in [0.29, 0.717) is 13.1 Å². The number of hydrogen-bond donors (Lipinski definition) is 1. The van der Waals surface area contributed by atoms with E-state index in [0.717, 1.165) is 30.0 Å². The molecule has 1 N–H and O–H groups in total. The Labute approximate surface area is 136 Å². The minimum absolute atomic E-state index is 0.0478. The van der Waals surface area contributed by atoms with Crippen LogP contribution in [0.4, 0.5) is 4.79 Å². The molecule has 5 heteroatoms. The zero-order valence-electron chi connectivity index (χ0n) is 13.5. The molecule has 1 aromatic carbocycles. The Bertz CT molecular complexity index is 700. The fraction of sp³-hybridized carbons (Fsp3) is 0.333. The van der Waals surface area contributed by atoms with E-state index >= 15 is 0 Å². The van der Waals surface area contributed by atoms with Gasteiger partial charge in [0, 0.05) is 25.2 Å². The average Bonchev–Trinajstić information content (AvgIpc) is 2.92. The van der Waals surface area contributed by atoms with Crippen molar-refractivity contribution in [2.75, 3.05) is 13.1 Å². The van der Waals surface area contributed by atoms with Gasteiger partial charge in [0.1, 0.15) is 5.76 Å². The van der Waals surface area contributed by atoms with Crippen LogP contribution in [0.3, 0.4) is 0 Å². The van der Waals surface area contributed by atoms with Crippen LogP contribution in [0.15, 0.2) is 40.9 Å². The Balaban J connectivity index is 1.57. The van der Waals surface area contributed by atoms with Gasteiger partial charge in [-0.2, -0.15) is 0 Å². The topological polar surface area (TPSA) is 58.4 Å². The van der Waals surface area contributed by atoms with E-state index in [1.807, 2.05) is 36.9 Å². The summed E-state index contributed by atoms with van der Waals surface area (Å²) in [4.78, 5) is 14.1. The number of benzene rings is 1. The number of urea groups is 1. The number of carbonyl (C=O) groups excluding carboxylic acids is 1. The van der Waals surface area contributed by atoms with Crippen molar-refractivity contribution >= 4 is 11.6 Å². The van der Waals surface area contributed by atoms with Gasteiger partial charge < -0.3 is 14.7 Å². The van der Waals surface area contributed by atoms with Crippen LogP contribution in [0.5, 0.6) is 0 Å². The predicted octanol–water partition coefficient (Wildman–Crippen LogP) is 3.29. The monoisotopic (exact) mass is 311 g/mol. The highest BCUT2D eigenvalue weighted by atomic mass is 16.5. The molecule has 0 spiro atoms. The van der Waals surface area contributed by atoms with Crippen LogP contribution < -0.4 is 5.32 Å². The highest BCUT2D eigenvalue weighted by molar-refractivity contribution is 5.76. The quantitative estimate of drug-likeness (QED) is 0.946. The number of carbonyl (C=O) groups is 1. The first kappa shape index (κ1) is 15.3. The molecule has 2 amide bonds. The van der Waals surface area contributed by atoms with Crippen molar-refractivity contribution in [3.8, 4) is 0 Å². The van der Waals surface area contributed by atoms with Gasteiger partial charge >= 0.3 is 6.03 Å². The van der Waals surface area contributed by atoms with E-state index in [1.165, 1.54) is 11.1 Å². The van der Waals surface area contributed by atoms with Gasteiger partial charge in [-0.05, 0) is 31.4 Å². The third kappa shape index (κ3) is 3.44. The molecule has 0 radical (unpaired) electrons. The number of hydrogen-bond acceptors (Lipinski definition) is 3. The van der Waals surface area contributed by atoms with Crippen LogP contribution in [0.1, 0.15) is 29.0 Å². The lowest BCUT2D eigenvalue weighted by Crippen LogP contribution is -2.41. The van der Waals surface area contributed by atoms with Crippen LogP contribution >= 0.6 is 0 Å². The summed E-state index contributed by atoms with van der Waals surface area (Å²) in [6.07, 6.45) is 3.01. The van der Waals surface area contributed by atoms with E-state index in [1.54, 1.807) is 0 Å². The second kappa shape index (κ2) is 6.69. The van der Waals surface area contributed by atoms with Crippen molar-refractivity contribution in [3.63, 3.8) is 0 Å². The van der Waals surface area contributed by atoms with Crippen LogP contribution in [0, 0.1) is 13.8 Å². The number of nitrogens with zero attached hydrogens (tertiary/aromatic N) is 2. The van der Waals surface area contributed by atoms with Crippen molar-refractivity contribution in [1.82, 2.24) is 15.4 Å². The second-order valence-corrected chi connectivity index (χ2v) is 5.75. The van der Waals surface area contributed by atoms with Gasteiger partial charge in [-0.25, -0.2) is 4.79 Å². The normalized spacial score (nSPS) is 14.5. The lowest BCUT2D eigenvalue weighted by molar-refractivity contribution is 0.202. The maximum Gasteiger partial charge on any atom is 0.317 e. The molecule has 1 aliphatic rings. The molecule has 120 valence electrons. The molecule has 0 bridgehead atoms. The van der Waals surface area contributed by atoms with Crippen molar-refractivity contribution in [2.45, 2.75) is 26.8 Å². The molecule has 0 unspecified atom stereocenters. The van der Waals surface area contributed by atoms with Crippen molar-refractivity contribution < 1.29 is 9.32 Å². The van der Waals surface area contributed by atoms with Gasteiger partial charge in [0.25, 0.3) is 0 Å². The maximum absolute atomic E-state index is 12.3. The number of amides is 2.